The van der Waals surface area contributed by atoms with Crippen LogP contribution in [0.15, 0.2) is 0 Å². The highest BCUT2D eigenvalue weighted by atomic mass is 32.2. The molecule has 0 saturated heterocycles. The lowest BCUT2D eigenvalue weighted by Gasteiger charge is -2.00. The van der Waals surface area contributed by atoms with Crippen molar-refractivity contribution in [1.29, 1.82) is 0 Å². The Hall–Kier alpha value is -0.180. The lowest BCUT2D eigenvalue weighted by atomic mass is 10.3. The van der Waals surface area contributed by atoms with Gasteiger partial charge in [0.2, 0.25) is 10.0 Å². The first-order chi connectivity index (χ1) is 5.71. The zero-order valence-electron chi connectivity index (χ0n) is 7.23. The van der Waals surface area contributed by atoms with Crippen LogP contribution in [0.4, 0.5) is 0 Å². The van der Waals surface area contributed by atoms with Crippen LogP contribution >= 0.6 is 0 Å². The van der Waals surface area contributed by atoms with Gasteiger partial charge in [-0.25, -0.2) is 13.1 Å². The zero-order valence-corrected chi connectivity index (χ0v) is 8.86. The molecule has 0 spiro atoms. The van der Waals surface area contributed by atoms with Gasteiger partial charge in [0.1, 0.15) is 0 Å². The average molecular weight is 231 g/mol. The number of hydrogen-bond donors (Lipinski definition) is 2. The largest absolute Gasteiger partial charge is 0.286 e. The molecular weight excluding hydrogens is 218 g/mol. The van der Waals surface area contributed by atoms with Gasteiger partial charge in [0, 0.05) is 6.54 Å². The van der Waals surface area contributed by atoms with Crippen molar-refractivity contribution in [3.8, 4) is 0 Å². The summed E-state index contributed by atoms with van der Waals surface area (Å²) < 4.78 is 52.0. The van der Waals surface area contributed by atoms with E-state index in [1.807, 2.05) is 0 Å². The lowest BCUT2D eigenvalue weighted by molar-refractivity contribution is 0.480. The van der Waals surface area contributed by atoms with Crippen LogP contribution in [0.25, 0.3) is 0 Å². The molecule has 0 aromatic heterocycles. The SMILES string of the molecule is CS(=O)(=O)NCCCCS(=O)(=O)O. The molecule has 0 rings (SSSR count). The topological polar surface area (TPSA) is 101 Å². The molecule has 0 aliphatic rings. The van der Waals surface area contributed by atoms with Crippen molar-refractivity contribution in [1.82, 2.24) is 4.72 Å². The number of unbranched alkanes of at least 4 members (excludes halogenated alkanes) is 1. The molecule has 0 bridgehead atoms. The van der Waals surface area contributed by atoms with E-state index in [1.165, 1.54) is 0 Å². The van der Waals surface area contributed by atoms with E-state index in [9.17, 15) is 16.8 Å². The van der Waals surface area contributed by atoms with Gasteiger partial charge in [-0.1, -0.05) is 0 Å². The number of nitrogens with one attached hydrogen (secondary N) is 1. The first kappa shape index (κ1) is 12.8. The van der Waals surface area contributed by atoms with Crippen LogP contribution in [0.3, 0.4) is 0 Å². The van der Waals surface area contributed by atoms with Crippen molar-refractivity contribution >= 4 is 20.1 Å². The van der Waals surface area contributed by atoms with E-state index in [2.05, 4.69) is 4.72 Å². The highest BCUT2D eigenvalue weighted by Gasteiger charge is 2.04. The van der Waals surface area contributed by atoms with Crippen molar-refractivity contribution in [2.75, 3.05) is 18.6 Å². The van der Waals surface area contributed by atoms with Crippen molar-refractivity contribution < 1.29 is 21.4 Å². The summed E-state index contributed by atoms with van der Waals surface area (Å²) in [5.74, 6) is -0.335. The molecule has 80 valence electrons. The summed E-state index contributed by atoms with van der Waals surface area (Å²) in [6, 6.07) is 0. The molecule has 0 radical (unpaired) electrons. The highest BCUT2D eigenvalue weighted by Crippen LogP contribution is 1.92. The fourth-order valence-corrected chi connectivity index (χ4v) is 1.75. The van der Waals surface area contributed by atoms with Crippen LogP contribution < -0.4 is 4.72 Å². The lowest BCUT2D eigenvalue weighted by Crippen LogP contribution is -2.23. The summed E-state index contributed by atoms with van der Waals surface area (Å²) in [6.45, 7) is 0.189. The van der Waals surface area contributed by atoms with Crippen LogP contribution in [0.5, 0.6) is 0 Å². The predicted octanol–water partition coefficient (Wildman–Crippen LogP) is -0.796. The molecule has 0 aliphatic carbocycles. The minimum absolute atomic E-state index is 0.189. The van der Waals surface area contributed by atoms with Crippen LogP contribution in [0.1, 0.15) is 12.8 Å². The summed E-state index contributed by atoms with van der Waals surface area (Å²) in [7, 11) is -7.12. The average Bonchev–Trinajstić information content (AvgIpc) is 1.81. The fraction of sp³-hybridized carbons (Fsp3) is 1.00. The molecule has 0 fully saturated rings. The second kappa shape index (κ2) is 4.89. The quantitative estimate of drug-likeness (QED) is 0.460. The second-order valence-corrected chi connectivity index (χ2v) is 6.06. The van der Waals surface area contributed by atoms with Crippen molar-refractivity contribution in [2.24, 2.45) is 0 Å². The monoisotopic (exact) mass is 231 g/mol. The third kappa shape index (κ3) is 11.8. The van der Waals surface area contributed by atoms with Gasteiger partial charge in [-0.05, 0) is 12.8 Å². The second-order valence-electron chi connectivity index (χ2n) is 2.66. The van der Waals surface area contributed by atoms with Gasteiger partial charge in [-0.2, -0.15) is 8.42 Å². The Bertz CT molecular complexity index is 296. The maximum absolute atomic E-state index is 10.5. The van der Waals surface area contributed by atoms with E-state index < -0.39 is 20.1 Å². The van der Waals surface area contributed by atoms with Crippen molar-refractivity contribution in [3.63, 3.8) is 0 Å². The van der Waals surface area contributed by atoms with Gasteiger partial charge in [0.15, 0.2) is 0 Å². The third-order valence-corrected chi connectivity index (χ3v) is 2.73. The molecule has 6 nitrogen and oxygen atoms in total. The minimum Gasteiger partial charge on any atom is -0.286 e. The van der Waals surface area contributed by atoms with Gasteiger partial charge >= 0.3 is 0 Å². The van der Waals surface area contributed by atoms with E-state index in [0.29, 0.717) is 6.42 Å². The van der Waals surface area contributed by atoms with Gasteiger partial charge in [0.05, 0.1) is 12.0 Å². The van der Waals surface area contributed by atoms with Crippen molar-refractivity contribution in [2.45, 2.75) is 12.8 Å². The van der Waals surface area contributed by atoms with Gasteiger partial charge < -0.3 is 0 Å². The molecule has 0 atom stereocenters. The minimum atomic E-state index is -3.92. The van der Waals surface area contributed by atoms with E-state index in [0.717, 1.165) is 6.26 Å². The number of hydrogen-bond acceptors (Lipinski definition) is 4. The molecule has 0 heterocycles. The Morgan fingerprint density at radius 1 is 1.15 bits per heavy atom. The zero-order chi connectivity index (χ0) is 10.5. The maximum atomic E-state index is 10.5. The molecule has 0 aromatic rings. The first-order valence-corrected chi connectivity index (χ1v) is 7.10. The molecule has 0 aromatic carbocycles. The summed E-state index contributed by atoms with van der Waals surface area (Å²) in [4.78, 5) is 0. The number of rotatable bonds is 6. The Morgan fingerprint density at radius 3 is 2.08 bits per heavy atom. The smallest absolute Gasteiger partial charge is 0.264 e. The maximum Gasteiger partial charge on any atom is 0.264 e. The first-order valence-electron chi connectivity index (χ1n) is 3.60. The van der Waals surface area contributed by atoms with Crippen LogP contribution in [0, 0.1) is 0 Å². The molecule has 2 N–H and O–H groups in total. The predicted molar refractivity (Wildman–Crippen MR) is 48.5 cm³/mol. The van der Waals surface area contributed by atoms with Crippen LogP contribution in [-0.2, 0) is 20.1 Å². The molecule has 0 amide bonds. The fourth-order valence-electron chi connectivity index (χ4n) is 0.667. The van der Waals surface area contributed by atoms with Crippen LogP contribution in [-0.4, -0.2) is 39.9 Å². The molecule has 0 aliphatic heterocycles. The highest BCUT2D eigenvalue weighted by molar-refractivity contribution is 7.88. The van der Waals surface area contributed by atoms with E-state index >= 15 is 0 Å². The summed E-state index contributed by atoms with van der Waals surface area (Å²) >= 11 is 0. The molecule has 0 saturated carbocycles. The summed E-state index contributed by atoms with van der Waals surface area (Å²) in [5.41, 5.74) is 0. The van der Waals surface area contributed by atoms with Gasteiger partial charge in [-0.15, -0.1) is 0 Å². The molecular formula is C5H13NO5S2. The molecule has 13 heavy (non-hydrogen) atoms. The summed E-state index contributed by atoms with van der Waals surface area (Å²) in [5, 5.41) is 0. The Morgan fingerprint density at radius 2 is 1.69 bits per heavy atom. The van der Waals surface area contributed by atoms with Crippen LogP contribution in [0.2, 0.25) is 0 Å². The standard InChI is InChI=1S/C5H13NO5S2/c1-12(7,8)6-4-2-3-5-13(9,10)11/h6H,2-5H2,1H3,(H,9,10,11). The normalized spacial score (nSPS) is 13.1. The molecule has 0 unspecified atom stereocenters. The third-order valence-electron chi connectivity index (χ3n) is 1.19. The Labute approximate surface area is 78.1 Å². The van der Waals surface area contributed by atoms with Gasteiger partial charge in [-0.3, -0.25) is 4.55 Å². The number of sulfonamides is 1. The Balaban J connectivity index is 3.50. The Kier molecular flexibility index (Phi) is 4.82. The van der Waals surface area contributed by atoms with Gasteiger partial charge in [0.25, 0.3) is 10.1 Å². The summed E-state index contributed by atoms with van der Waals surface area (Å²) in [6.07, 6.45) is 1.64. The van der Waals surface area contributed by atoms with E-state index in [-0.39, 0.29) is 18.7 Å². The van der Waals surface area contributed by atoms with E-state index in [1.54, 1.807) is 0 Å². The van der Waals surface area contributed by atoms with E-state index in [4.69, 9.17) is 4.55 Å². The molecule has 8 heteroatoms. The van der Waals surface area contributed by atoms with Crippen molar-refractivity contribution in [3.05, 3.63) is 0 Å².